The van der Waals surface area contributed by atoms with Gasteiger partial charge in [-0.3, -0.25) is 0 Å². The molecule has 1 aromatic carbocycles. The molecule has 1 fully saturated rings. The summed E-state index contributed by atoms with van der Waals surface area (Å²) in [6, 6.07) is 10.5. The molecule has 1 N–H and O–H groups in total. The Hall–Kier alpha value is -1.08. The zero-order valence-corrected chi connectivity index (χ0v) is 11.5. The van der Waals surface area contributed by atoms with Gasteiger partial charge >= 0.3 is 0 Å². The highest BCUT2D eigenvalue weighted by Gasteiger charge is 2.38. The third kappa shape index (κ3) is 3.02. The standard InChI is InChI=1S/C17H24O/c1-14(2)11-13-17(18)12-7-6-10-16(17)15-8-4-3-5-9-15/h3-5,8-9,11,16,18H,6-7,10,12-13H2,1-2H3/t16-,17+/m0/s1. The van der Waals surface area contributed by atoms with Crippen LogP contribution in [0.15, 0.2) is 42.0 Å². The summed E-state index contributed by atoms with van der Waals surface area (Å²) in [7, 11) is 0. The average Bonchev–Trinajstić information content (AvgIpc) is 2.38. The van der Waals surface area contributed by atoms with Crippen LogP contribution >= 0.6 is 0 Å². The molecule has 0 aromatic heterocycles. The summed E-state index contributed by atoms with van der Waals surface area (Å²) in [6.07, 6.45) is 7.39. The quantitative estimate of drug-likeness (QED) is 0.780. The molecule has 2 rings (SSSR count). The molecule has 0 heterocycles. The maximum atomic E-state index is 11.0. The molecule has 1 aliphatic rings. The number of hydrogen-bond donors (Lipinski definition) is 1. The number of allylic oxidation sites excluding steroid dienone is 1. The molecule has 0 unspecified atom stereocenters. The Morgan fingerprint density at radius 3 is 2.67 bits per heavy atom. The zero-order chi connectivity index (χ0) is 13.0. The SMILES string of the molecule is CC(C)=CC[C@]1(O)CCCC[C@H]1c1ccccc1. The van der Waals surface area contributed by atoms with E-state index in [1.54, 1.807) is 0 Å². The van der Waals surface area contributed by atoms with Gasteiger partial charge in [-0.05, 0) is 38.7 Å². The minimum Gasteiger partial charge on any atom is -0.389 e. The molecule has 0 bridgehead atoms. The number of aliphatic hydroxyl groups is 1. The minimum atomic E-state index is -0.545. The summed E-state index contributed by atoms with van der Waals surface area (Å²) >= 11 is 0. The van der Waals surface area contributed by atoms with Crippen molar-refractivity contribution in [3.05, 3.63) is 47.5 Å². The van der Waals surface area contributed by atoms with Crippen molar-refractivity contribution in [2.75, 3.05) is 0 Å². The van der Waals surface area contributed by atoms with Crippen LogP contribution in [-0.4, -0.2) is 10.7 Å². The highest BCUT2D eigenvalue weighted by molar-refractivity contribution is 5.24. The highest BCUT2D eigenvalue weighted by Crippen LogP contribution is 2.43. The molecular formula is C17H24O. The van der Waals surface area contributed by atoms with E-state index in [1.807, 2.05) is 6.07 Å². The van der Waals surface area contributed by atoms with Crippen LogP contribution in [-0.2, 0) is 0 Å². The van der Waals surface area contributed by atoms with E-state index in [2.05, 4.69) is 44.2 Å². The molecule has 1 aliphatic carbocycles. The summed E-state index contributed by atoms with van der Waals surface area (Å²) in [5.74, 6) is 0.294. The number of benzene rings is 1. The fourth-order valence-corrected chi connectivity index (χ4v) is 3.01. The molecule has 1 heteroatoms. The Kier molecular flexibility index (Phi) is 4.23. The fourth-order valence-electron chi connectivity index (χ4n) is 3.01. The first-order chi connectivity index (χ1) is 8.62. The van der Waals surface area contributed by atoms with E-state index < -0.39 is 5.60 Å². The van der Waals surface area contributed by atoms with Crippen molar-refractivity contribution in [1.29, 1.82) is 0 Å². The molecule has 0 spiro atoms. The molecular weight excluding hydrogens is 220 g/mol. The van der Waals surface area contributed by atoms with E-state index in [4.69, 9.17) is 0 Å². The van der Waals surface area contributed by atoms with Crippen molar-refractivity contribution in [1.82, 2.24) is 0 Å². The predicted molar refractivity (Wildman–Crippen MR) is 76.6 cm³/mol. The summed E-state index contributed by atoms with van der Waals surface area (Å²) < 4.78 is 0. The van der Waals surface area contributed by atoms with Crippen LogP contribution in [0.3, 0.4) is 0 Å². The normalized spacial score (nSPS) is 27.8. The average molecular weight is 244 g/mol. The third-order valence-corrected chi connectivity index (χ3v) is 4.07. The van der Waals surface area contributed by atoms with Crippen LogP contribution in [0.2, 0.25) is 0 Å². The smallest absolute Gasteiger partial charge is 0.0750 e. The Labute approximate surface area is 111 Å². The summed E-state index contributed by atoms with van der Waals surface area (Å²) in [4.78, 5) is 0. The van der Waals surface area contributed by atoms with Crippen LogP contribution in [0.5, 0.6) is 0 Å². The lowest BCUT2D eigenvalue weighted by Crippen LogP contribution is -2.38. The van der Waals surface area contributed by atoms with Gasteiger partial charge in [0.05, 0.1) is 5.60 Å². The van der Waals surface area contributed by atoms with E-state index >= 15 is 0 Å². The third-order valence-electron chi connectivity index (χ3n) is 4.07. The maximum absolute atomic E-state index is 11.0. The molecule has 98 valence electrons. The maximum Gasteiger partial charge on any atom is 0.0750 e. The molecule has 0 amide bonds. The van der Waals surface area contributed by atoms with E-state index in [9.17, 15) is 5.11 Å². The summed E-state index contributed by atoms with van der Waals surface area (Å²) in [5, 5.41) is 11.0. The first kappa shape index (κ1) is 13.4. The van der Waals surface area contributed by atoms with Gasteiger partial charge in [-0.2, -0.15) is 0 Å². The molecule has 0 radical (unpaired) electrons. The van der Waals surface area contributed by atoms with Crippen molar-refractivity contribution in [3.8, 4) is 0 Å². The second-order valence-electron chi connectivity index (χ2n) is 5.80. The van der Waals surface area contributed by atoms with Gasteiger partial charge in [0.25, 0.3) is 0 Å². The van der Waals surface area contributed by atoms with Gasteiger partial charge in [-0.1, -0.05) is 54.8 Å². The van der Waals surface area contributed by atoms with E-state index in [1.165, 1.54) is 17.6 Å². The Morgan fingerprint density at radius 1 is 1.28 bits per heavy atom. The van der Waals surface area contributed by atoms with Crippen molar-refractivity contribution in [2.45, 2.75) is 57.5 Å². The Morgan fingerprint density at radius 2 is 2.00 bits per heavy atom. The molecule has 1 nitrogen and oxygen atoms in total. The zero-order valence-electron chi connectivity index (χ0n) is 11.5. The van der Waals surface area contributed by atoms with Gasteiger partial charge in [0.15, 0.2) is 0 Å². The van der Waals surface area contributed by atoms with Crippen LogP contribution < -0.4 is 0 Å². The van der Waals surface area contributed by atoms with Gasteiger partial charge in [-0.15, -0.1) is 0 Å². The van der Waals surface area contributed by atoms with E-state index in [-0.39, 0.29) is 0 Å². The monoisotopic (exact) mass is 244 g/mol. The van der Waals surface area contributed by atoms with E-state index in [0.717, 1.165) is 25.7 Å². The van der Waals surface area contributed by atoms with Gasteiger partial charge < -0.3 is 5.11 Å². The Bertz CT molecular complexity index is 403. The van der Waals surface area contributed by atoms with Crippen LogP contribution in [0.4, 0.5) is 0 Å². The number of hydrogen-bond acceptors (Lipinski definition) is 1. The van der Waals surface area contributed by atoms with Crippen LogP contribution in [0, 0.1) is 0 Å². The highest BCUT2D eigenvalue weighted by atomic mass is 16.3. The first-order valence-corrected chi connectivity index (χ1v) is 7.02. The lowest BCUT2D eigenvalue weighted by Gasteiger charge is -2.40. The Balaban J connectivity index is 2.23. The molecule has 0 saturated heterocycles. The van der Waals surface area contributed by atoms with E-state index in [0.29, 0.717) is 5.92 Å². The molecule has 1 aromatic rings. The van der Waals surface area contributed by atoms with Crippen molar-refractivity contribution < 1.29 is 5.11 Å². The fraction of sp³-hybridized carbons (Fsp3) is 0.529. The van der Waals surface area contributed by atoms with Crippen LogP contribution in [0.25, 0.3) is 0 Å². The summed E-state index contributed by atoms with van der Waals surface area (Å²) in [6.45, 7) is 4.20. The lowest BCUT2D eigenvalue weighted by atomic mass is 9.70. The molecule has 1 saturated carbocycles. The largest absolute Gasteiger partial charge is 0.389 e. The van der Waals surface area contributed by atoms with Gasteiger partial charge in [0, 0.05) is 5.92 Å². The molecule has 0 aliphatic heterocycles. The second-order valence-corrected chi connectivity index (χ2v) is 5.80. The minimum absolute atomic E-state index is 0.294. The van der Waals surface area contributed by atoms with Crippen molar-refractivity contribution >= 4 is 0 Å². The lowest BCUT2D eigenvalue weighted by molar-refractivity contribution is -0.0144. The predicted octanol–water partition coefficient (Wildman–Crippen LogP) is 4.43. The van der Waals surface area contributed by atoms with Gasteiger partial charge in [0.2, 0.25) is 0 Å². The second kappa shape index (κ2) is 5.71. The van der Waals surface area contributed by atoms with Crippen LogP contribution in [0.1, 0.15) is 57.4 Å². The van der Waals surface area contributed by atoms with Crippen molar-refractivity contribution in [2.24, 2.45) is 0 Å². The summed E-state index contributed by atoms with van der Waals surface area (Å²) in [5.41, 5.74) is 2.04. The topological polar surface area (TPSA) is 20.2 Å². The van der Waals surface area contributed by atoms with Gasteiger partial charge in [0.1, 0.15) is 0 Å². The van der Waals surface area contributed by atoms with Crippen molar-refractivity contribution in [3.63, 3.8) is 0 Å². The number of rotatable bonds is 3. The molecule has 2 atom stereocenters. The molecule has 18 heavy (non-hydrogen) atoms. The van der Waals surface area contributed by atoms with Gasteiger partial charge in [-0.25, -0.2) is 0 Å². The first-order valence-electron chi connectivity index (χ1n) is 7.02.